The van der Waals surface area contributed by atoms with Crippen LogP contribution in [0.15, 0.2) is 24.3 Å². The van der Waals surface area contributed by atoms with E-state index in [9.17, 15) is 0 Å². The van der Waals surface area contributed by atoms with Crippen LogP contribution in [0.3, 0.4) is 0 Å². The quantitative estimate of drug-likeness (QED) is 0.819. The van der Waals surface area contributed by atoms with E-state index in [1.165, 1.54) is 24.8 Å². The normalized spacial score (nSPS) is 18.3. The van der Waals surface area contributed by atoms with Crippen molar-refractivity contribution in [3.05, 3.63) is 29.8 Å². The molecule has 0 spiro atoms. The number of ether oxygens (including phenoxy) is 1. The topological polar surface area (TPSA) is 35.2 Å². The fourth-order valence-electron chi connectivity index (χ4n) is 2.29. The van der Waals surface area contributed by atoms with Crippen LogP contribution in [-0.4, -0.2) is 13.7 Å². The highest BCUT2D eigenvalue weighted by Crippen LogP contribution is 2.38. The van der Waals surface area contributed by atoms with Crippen molar-refractivity contribution in [3.63, 3.8) is 0 Å². The summed E-state index contributed by atoms with van der Waals surface area (Å²) >= 11 is 0. The van der Waals surface area contributed by atoms with Crippen LogP contribution < -0.4 is 10.5 Å². The van der Waals surface area contributed by atoms with Gasteiger partial charge in [-0.1, -0.05) is 18.6 Å². The van der Waals surface area contributed by atoms with Crippen LogP contribution in [0.4, 0.5) is 0 Å². The molecule has 0 bridgehead atoms. The average molecular weight is 205 g/mol. The van der Waals surface area contributed by atoms with E-state index in [1.807, 2.05) is 12.1 Å². The van der Waals surface area contributed by atoms with Gasteiger partial charge in [0.1, 0.15) is 5.75 Å². The van der Waals surface area contributed by atoms with Crippen LogP contribution in [0.2, 0.25) is 0 Å². The largest absolute Gasteiger partial charge is 0.497 e. The lowest BCUT2D eigenvalue weighted by atomic mass is 9.73. The van der Waals surface area contributed by atoms with Crippen molar-refractivity contribution in [2.45, 2.75) is 25.2 Å². The molecule has 1 aromatic carbocycles. The molecule has 2 N–H and O–H groups in total. The predicted octanol–water partition coefficient (Wildman–Crippen LogP) is 2.54. The zero-order chi connectivity index (χ0) is 10.7. The Hall–Kier alpha value is -1.02. The molecule has 1 aliphatic rings. The third kappa shape index (κ3) is 2.15. The van der Waals surface area contributed by atoms with Crippen molar-refractivity contribution in [1.82, 2.24) is 0 Å². The van der Waals surface area contributed by atoms with E-state index in [0.29, 0.717) is 5.92 Å². The number of methoxy groups -OCH3 is 1. The summed E-state index contributed by atoms with van der Waals surface area (Å²) in [7, 11) is 1.70. The molecular formula is C13H19NO. The van der Waals surface area contributed by atoms with Gasteiger partial charge in [0.2, 0.25) is 0 Å². The summed E-state index contributed by atoms with van der Waals surface area (Å²) in [5.74, 6) is 2.27. The smallest absolute Gasteiger partial charge is 0.118 e. The van der Waals surface area contributed by atoms with E-state index in [2.05, 4.69) is 12.1 Å². The zero-order valence-corrected chi connectivity index (χ0v) is 9.28. The minimum atomic E-state index is 0.546. The SMILES string of the molecule is COc1ccc(C(CN)C2CCC2)cc1. The van der Waals surface area contributed by atoms with Gasteiger partial charge in [-0.05, 0) is 48.9 Å². The first-order valence-electron chi connectivity index (χ1n) is 5.69. The molecule has 1 saturated carbocycles. The summed E-state index contributed by atoms with van der Waals surface area (Å²) in [6.45, 7) is 0.761. The highest BCUT2D eigenvalue weighted by atomic mass is 16.5. The van der Waals surface area contributed by atoms with Crippen LogP contribution in [0.1, 0.15) is 30.7 Å². The zero-order valence-electron chi connectivity index (χ0n) is 9.28. The van der Waals surface area contributed by atoms with Gasteiger partial charge in [0, 0.05) is 0 Å². The van der Waals surface area contributed by atoms with E-state index >= 15 is 0 Å². The van der Waals surface area contributed by atoms with Crippen LogP contribution in [0.5, 0.6) is 5.75 Å². The molecule has 0 saturated heterocycles. The van der Waals surface area contributed by atoms with Crippen molar-refractivity contribution in [3.8, 4) is 5.75 Å². The van der Waals surface area contributed by atoms with Crippen LogP contribution in [-0.2, 0) is 0 Å². The van der Waals surface area contributed by atoms with E-state index in [4.69, 9.17) is 10.5 Å². The first-order valence-corrected chi connectivity index (χ1v) is 5.69. The van der Waals surface area contributed by atoms with Gasteiger partial charge in [0.25, 0.3) is 0 Å². The van der Waals surface area contributed by atoms with Gasteiger partial charge in [-0.25, -0.2) is 0 Å². The second-order valence-electron chi connectivity index (χ2n) is 4.31. The summed E-state index contributed by atoms with van der Waals surface area (Å²) in [4.78, 5) is 0. The van der Waals surface area contributed by atoms with Gasteiger partial charge in [-0.15, -0.1) is 0 Å². The molecule has 82 valence electrons. The maximum Gasteiger partial charge on any atom is 0.118 e. The monoisotopic (exact) mass is 205 g/mol. The summed E-state index contributed by atoms with van der Waals surface area (Å²) in [6, 6.07) is 8.34. The maximum absolute atomic E-state index is 5.85. The standard InChI is InChI=1S/C13H19NO/c1-15-12-7-5-11(6-8-12)13(9-14)10-3-2-4-10/h5-8,10,13H,2-4,9,14H2,1H3. The first kappa shape index (κ1) is 10.5. The molecule has 0 heterocycles. The Balaban J connectivity index is 2.11. The van der Waals surface area contributed by atoms with Crippen molar-refractivity contribution < 1.29 is 4.74 Å². The molecule has 1 atom stereocenters. The Morgan fingerprint density at radius 2 is 2.00 bits per heavy atom. The third-order valence-corrected chi connectivity index (χ3v) is 3.52. The molecular weight excluding hydrogens is 186 g/mol. The van der Waals surface area contributed by atoms with Gasteiger partial charge in [-0.3, -0.25) is 0 Å². The molecule has 1 fully saturated rings. The Bertz CT molecular complexity index is 303. The van der Waals surface area contributed by atoms with Crippen LogP contribution in [0.25, 0.3) is 0 Å². The molecule has 0 aliphatic heterocycles. The Morgan fingerprint density at radius 3 is 2.40 bits per heavy atom. The molecule has 15 heavy (non-hydrogen) atoms. The number of hydrogen-bond acceptors (Lipinski definition) is 2. The molecule has 2 heteroatoms. The minimum absolute atomic E-state index is 0.546. The van der Waals surface area contributed by atoms with E-state index in [-0.39, 0.29) is 0 Å². The fraction of sp³-hybridized carbons (Fsp3) is 0.538. The molecule has 0 radical (unpaired) electrons. The molecule has 2 rings (SSSR count). The Kier molecular flexibility index (Phi) is 3.27. The number of benzene rings is 1. The van der Waals surface area contributed by atoms with Crippen LogP contribution >= 0.6 is 0 Å². The first-order chi connectivity index (χ1) is 7.35. The third-order valence-electron chi connectivity index (χ3n) is 3.52. The summed E-state index contributed by atoms with van der Waals surface area (Å²) in [5, 5.41) is 0. The van der Waals surface area contributed by atoms with Crippen molar-refractivity contribution in [1.29, 1.82) is 0 Å². The lowest BCUT2D eigenvalue weighted by Crippen LogP contribution is -2.26. The van der Waals surface area contributed by atoms with Crippen LogP contribution in [0, 0.1) is 5.92 Å². The van der Waals surface area contributed by atoms with Crippen molar-refractivity contribution >= 4 is 0 Å². The van der Waals surface area contributed by atoms with Gasteiger partial charge in [0.15, 0.2) is 0 Å². The number of hydrogen-bond donors (Lipinski definition) is 1. The highest BCUT2D eigenvalue weighted by molar-refractivity contribution is 5.30. The Labute approximate surface area is 91.4 Å². The molecule has 1 aromatic rings. The van der Waals surface area contributed by atoms with E-state index < -0.39 is 0 Å². The second-order valence-corrected chi connectivity index (χ2v) is 4.31. The Morgan fingerprint density at radius 1 is 1.33 bits per heavy atom. The summed E-state index contributed by atoms with van der Waals surface area (Å²) in [6.07, 6.45) is 4.05. The van der Waals surface area contributed by atoms with Gasteiger partial charge in [0.05, 0.1) is 7.11 Å². The van der Waals surface area contributed by atoms with Gasteiger partial charge < -0.3 is 10.5 Å². The lowest BCUT2D eigenvalue weighted by Gasteiger charge is -2.33. The maximum atomic E-state index is 5.85. The van der Waals surface area contributed by atoms with Gasteiger partial charge >= 0.3 is 0 Å². The summed E-state index contributed by atoms with van der Waals surface area (Å²) < 4.78 is 5.15. The average Bonchev–Trinajstić information content (AvgIpc) is 2.23. The molecule has 0 aromatic heterocycles. The van der Waals surface area contributed by atoms with Gasteiger partial charge in [-0.2, -0.15) is 0 Å². The van der Waals surface area contributed by atoms with Crippen molar-refractivity contribution in [2.75, 3.05) is 13.7 Å². The predicted molar refractivity (Wildman–Crippen MR) is 62.1 cm³/mol. The van der Waals surface area contributed by atoms with E-state index in [1.54, 1.807) is 7.11 Å². The number of nitrogens with two attached hydrogens (primary N) is 1. The minimum Gasteiger partial charge on any atom is -0.497 e. The molecule has 1 aliphatic carbocycles. The molecule has 0 amide bonds. The second kappa shape index (κ2) is 4.67. The lowest BCUT2D eigenvalue weighted by molar-refractivity contribution is 0.264. The van der Waals surface area contributed by atoms with E-state index in [0.717, 1.165) is 18.2 Å². The van der Waals surface area contributed by atoms with Crippen molar-refractivity contribution in [2.24, 2.45) is 11.7 Å². The fourth-order valence-corrected chi connectivity index (χ4v) is 2.29. The molecule has 2 nitrogen and oxygen atoms in total. The number of rotatable bonds is 4. The molecule has 1 unspecified atom stereocenters. The highest BCUT2D eigenvalue weighted by Gasteiger charge is 2.27. The summed E-state index contributed by atoms with van der Waals surface area (Å²) in [5.41, 5.74) is 7.22.